The topological polar surface area (TPSA) is 145 Å². The molecule has 1 aromatic carbocycles. The van der Waals surface area contributed by atoms with Crippen LogP contribution < -0.4 is 0 Å². The van der Waals surface area contributed by atoms with Crippen LogP contribution in [0.1, 0.15) is 48.3 Å². The summed E-state index contributed by atoms with van der Waals surface area (Å²) >= 11 is 0. The second-order valence-corrected chi connectivity index (χ2v) is 8.06. The molecule has 208 valence electrons. The number of halogens is 3. The van der Waals surface area contributed by atoms with Gasteiger partial charge in [0, 0.05) is 26.3 Å². The molecule has 2 aromatic rings. The summed E-state index contributed by atoms with van der Waals surface area (Å²) in [6.07, 6.45) is -7.25. The van der Waals surface area contributed by atoms with Crippen molar-refractivity contribution < 1.29 is 56.0 Å². The lowest BCUT2D eigenvalue weighted by Crippen LogP contribution is -2.56. The highest BCUT2D eigenvalue weighted by atomic mass is 19.4. The molecule has 0 spiro atoms. The Labute approximate surface area is 219 Å². The molecule has 15 heteroatoms. The number of hydrogen-bond donors (Lipinski definition) is 0. The maximum Gasteiger partial charge on any atom is 0.416 e. The second kappa shape index (κ2) is 11.5. The fourth-order valence-corrected chi connectivity index (χ4v) is 3.69. The lowest BCUT2D eigenvalue weighted by Gasteiger charge is -2.36. The minimum absolute atomic E-state index is 0.134. The SMILES string of the molecule is COC(=O)c1nc(C#Cc2ccc(C(F)(F)F)cc2)n([C@@]2(OC(C)=O)[C@@H](OC(C)=O)CO[C@@H]2COC(C)=O)n1. The minimum atomic E-state index is -4.55. The molecule has 0 saturated carbocycles. The summed E-state index contributed by atoms with van der Waals surface area (Å²) in [5.41, 5.74) is -2.93. The fraction of sp³-hybridized carbons (Fsp3) is 0.417. The smallest absolute Gasteiger partial charge is 0.416 e. The lowest BCUT2D eigenvalue weighted by atomic mass is 10.0. The number of benzene rings is 1. The number of aromatic nitrogens is 3. The number of rotatable bonds is 6. The molecule has 1 fully saturated rings. The zero-order valence-electron chi connectivity index (χ0n) is 21.0. The number of nitrogens with zero attached hydrogens (tertiary/aromatic N) is 3. The largest absolute Gasteiger partial charge is 0.463 e. The molecule has 3 rings (SSSR count). The zero-order chi connectivity index (χ0) is 29.0. The predicted octanol–water partition coefficient (Wildman–Crippen LogP) is 1.59. The maximum atomic E-state index is 12.9. The van der Waals surface area contributed by atoms with Crippen LogP contribution in [0.4, 0.5) is 13.2 Å². The number of ether oxygens (including phenoxy) is 5. The minimum Gasteiger partial charge on any atom is -0.463 e. The molecule has 1 saturated heterocycles. The first kappa shape index (κ1) is 29.1. The van der Waals surface area contributed by atoms with Crippen molar-refractivity contribution in [3.63, 3.8) is 0 Å². The molecule has 0 amide bonds. The van der Waals surface area contributed by atoms with Gasteiger partial charge in [0.2, 0.25) is 5.82 Å². The van der Waals surface area contributed by atoms with Crippen molar-refractivity contribution in [3.05, 3.63) is 47.0 Å². The molecule has 0 bridgehead atoms. The Morgan fingerprint density at radius 3 is 2.28 bits per heavy atom. The van der Waals surface area contributed by atoms with Crippen LogP contribution in [0.3, 0.4) is 0 Å². The molecule has 3 atom stereocenters. The second-order valence-electron chi connectivity index (χ2n) is 8.06. The third kappa shape index (κ3) is 6.52. The lowest BCUT2D eigenvalue weighted by molar-refractivity contribution is -0.213. The van der Waals surface area contributed by atoms with E-state index in [1.807, 2.05) is 0 Å². The van der Waals surface area contributed by atoms with Gasteiger partial charge >= 0.3 is 30.1 Å². The van der Waals surface area contributed by atoms with Gasteiger partial charge < -0.3 is 23.7 Å². The molecule has 0 aliphatic carbocycles. The van der Waals surface area contributed by atoms with Crippen LogP contribution in [0.5, 0.6) is 0 Å². The number of carbonyl (C=O) groups is 4. The van der Waals surface area contributed by atoms with E-state index in [-0.39, 0.29) is 18.0 Å². The number of alkyl halides is 3. The van der Waals surface area contributed by atoms with E-state index in [1.165, 1.54) is 0 Å². The van der Waals surface area contributed by atoms with Crippen molar-refractivity contribution in [2.45, 2.75) is 44.9 Å². The number of carbonyl (C=O) groups excluding carboxylic acids is 4. The van der Waals surface area contributed by atoms with Gasteiger partial charge in [-0.15, -0.1) is 5.10 Å². The highest BCUT2D eigenvalue weighted by molar-refractivity contribution is 5.85. The van der Waals surface area contributed by atoms with E-state index in [0.29, 0.717) is 0 Å². The van der Waals surface area contributed by atoms with Gasteiger partial charge in [-0.1, -0.05) is 5.92 Å². The average molecular weight is 553 g/mol. The van der Waals surface area contributed by atoms with Crippen LogP contribution in [0.25, 0.3) is 0 Å². The number of esters is 4. The Bertz CT molecular complexity index is 1330. The van der Waals surface area contributed by atoms with Crippen molar-refractivity contribution in [2.75, 3.05) is 20.3 Å². The highest BCUT2D eigenvalue weighted by Crippen LogP contribution is 2.38. The van der Waals surface area contributed by atoms with E-state index < -0.39 is 66.0 Å². The predicted molar refractivity (Wildman–Crippen MR) is 120 cm³/mol. The van der Waals surface area contributed by atoms with E-state index in [9.17, 15) is 32.3 Å². The molecule has 2 heterocycles. The van der Waals surface area contributed by atoms with Crippen LogP contribution in [-0.2, 0) is 50.0 Å². The monoisotopic (exact) mass is 553 g/mol. The number of methoxy groups -OCH3 is 1. The van der Waals surface area contributed by atoms with Crippen LogP contribution in [0, 0.1) is 11.8 Å². The van der Waals surface area contributed by atoms with Gasteiger partial charge in [-0.2, -0.15) is 22.8 Å². The maximum absolute atomic E-state index is 12.9. The van der Waals surface area contributed by atoms with E-state index in [1.54, 1.807) is 0 Å². The van der Waals surface area contributed by atoms with Gasteiger partial charge in [-0.05, 0) is 30.2 Å². The number of hydrogen-bond acceptors (Lipinski definition) is 11. The Morgan fingerprint density at radius 1 is 1.08 bits per heavy atom. The molecule has 0 radical (unpaired) electrons. The molecule has 1 aliphatic rings. The third-order valence-electron chi connectivity index (χ3n) is 5.26. The quantitative estimate of drug-likeness (QED) is 0.292. The van der Waals surface area contributed by atoms with Gasteiger partial charge in [-0.25, -0.2) is 4.79 Å². The average Bonchev–Trinajstić information content (AvgIpc) is 3.42. The Balaban J connectivity index is 2.21. The summed E-state index contributed by atoms with van der Waals surface area (Å²) in [5.74, 6) is 0.883. The van der Waals surface area contributed by atoms with Crippen LogP contribution in [-0.4, -0.2) is 71.2 Å². The molecule has 39 heavy (non-hydrogen) atoms. The van der Waals surface area contributed by atoms with Gasteiger partial charge in [0.05, 0.1) is 19.3 Å². The zero-order valence-corrected chi connectivity index (χ0v) is 21.0. The van der Waals surface area contributed by atoms with Crippen molar-refractivity contribution >= 4 is 23.9 Å². The standard InChI is InChI=1S/C24H22F3N3O9/c1-13(31)36-11-18-23(39-15(3)33,19(12-37-18)38-14(2)32)30-20(28-21(29-30)22(34)35-4)10-7-16-5-8-17(9-6-16)24(25,26)27/h5-6,8-9,18-19H,11-12H2,1-4H3/t18-,19+,23+/m1/s1. The Morgan fingerprint density at radius 2 is 1.74 bits per heavy atom. The van der Waals surface area contributed by atoms with E-state index >= 15 is 0 Å². The summed E-state index contributed by atoms with van der Waals surface area (Å²) < 4.78 is 65.9. The molecule has 0 N–H and O–H groups in total. The van der Waals surface area contributed by atoms with Gasteiger partial charge in [-0.3, -0.25) is 14.4 Å². The van der Waals surface area contributed by atoms with Gasteiger partial charge in [0.15, 0.2) is 12.2 Å². The Kier molecular flexibility index (Phi) is 8.60. The van der Waals surface area contributed by atoms with Crippen molar-refractivity contribution in [1.82, 2.24) is 14.8 Å². The van der Waals surface area contributed by atoms with Crippen LogP contribution >= 0.6 is 0 Å². The highest BCUT2D eigenvalue weighted by Gasteiger charge is 2.61. The van der Waals surface area contributed by atoms with Crippen molar-refractivity contribution in [2.24, 2.45) is 0 Å². The molecular weight excluding hydrogens is 531 g/mol. The van der Waals surface area contributed by atoms with Crippen molar-refractivity contribution in [1.29, 1.82) is 0 Å². The van der Waals surface area contributed by atoms with E-state index in [2.05, 4.69) is 26.7 Å². The molecule has 12 nitrogen and oxygen atoms in total. The van der Waals surface area contributed by atoms with Crippen LogP contribution in [0.2, 0.25) is 0 Å². The summed E-state index contributed by atoms with van der Waals surface area (Å²) in [5, 5.41) is 4.07. The first-order valence-electron chi connectivity index (χ1n) is 11.1. The first-order chi connectivity index (χ1) is 18.3. The first-order valence-corrected chi connectivity index (χ1v) is 11.1. The third-order valence-corrected chi connectivity index (χ3v) is 5.26. The Hall–Kier alpha value is -4.45. The summed E-state index contributed by atoms with van der Waals surface area (Å²) in [7, 11) is 1.06. The van der Waals surface area contributed by atoms with Gasteiger partial charge in [0.1, 0.15) is 6.61 Å². The normalized spacial score (nSPS) is 20.4. The van der Waals surface area contributed by atoms with Gasteiger partial charge in [0.25, 0.3) is 11.5 Å². The van der Waals surface area contributed by atoms with E-state index in [0.717, 1.165) is 56.8 Å². The summed E-state index contributed by atoms with van der Waals surface area (Å²) in [6.45, 7) is 2.40. The summed E-state index contributed by atoms with van der Waals surface area (Å²) in [6, 6.07) is 3.88. The molecule has 1 aliphatic heterocycles. The molecule has 1 aromatic heterocycles. The molecule has 0 unspecified atom stereocenters. The molecular formula is C24H22F3N3O9. The van der Waals surface area contributed by atoms with Crippen LogP contribution in [0.15, 0.2) is 24.3 Å². The summed E-state index contributed by atoms with van der Waals surface area (Å²) in [4.78, 5) is 52.0. The van der Waals surface area contributed by atoms with E-state index in [4.69, 9.17) is 18.9 Å². The fourth-order valence-electron chi connectivity index (χ4n) is 3.69. The van der Waals surface area contributed by atoms with Crippen molar-refractivity contribution in [3.8, 4) is 11.8 Å².